The second kappa shape index (κ2) is 5.12. The van der Waals surface area contributed by atoms with Crippen LogP contribution < -0.4 is 11.1 Å². The molecule has 2 heterocycles. The lowest BCUT2D eigenvalue weighted by atomic mass is 10.0. The zero-order valence-corrected chi connectivity index (χ0v) is 9.57. The first-order valence-electron chi connectivity index (χ1n) is 5.67. The topological polar surface area (TPSA) is 73.1 Å². The van der Waals surface area contributed by atoms with E-state index in [2.05, 4.69) is 15.3 Å². The SMILES string of the molecule is Cc1nc(N)cc(NCC2CCOCC2)n1. The number of anilines is 2. The van der Waals surface area contributed by atoms with E-state index in [9.17, 15) is 0 Å². The van der Waals surface area contributed by atoms with Crippen LogP contribution >= 0.6 is 0 Å². The Morgan fingerprint density at radius 2 is 2.19 bits per heavy atom. The maximum atomic E-state index is 5.66. The molecule has 0 aromatic carbocycles. The second-order valence-corrected chi connectivity index (χ2v) is 4.16. The number of hydrogen-bond donors (Lipinski definition) is 2. The Kier molecular flexibility index (Phi) is 3.56. The predicted octanol–water partition coefficient (Wildman–Crippen LogP) is 1.21. The van der Waals surface area contributed by atoms with E-state index < -0.39 is 0 Å². The Bertz CT molecular complexity index is 330. The molecule has 5 nitrogen and oxygen atoms in total. The van der Waals surface area contributed by atoms with E-state index in [1.807, 2.05) is 6.92 Å². The minimum atomic E-state index is 0.516. The summed E-state index contributed by atoms with van der Waals surface area (Å²) in [5.74, 6) is 2.71. The largest absolute Gasteiger partial charge is 0.384 e. The van der Waals surface area contributed by atoms with Gasteiger partial charge in [-0.25, -0.2) is 9.97 Å². The molecule has 88 valence electrons. The van der Waals surface area contributed by atoms with Gasteiger partial charge in [0.05, 0.1) is 0 Å². The number of hydrogen-bond acceptors (Lipinski definition) is 5. The van der Waals surface area contributed by atoms with Crippen molar-refractivity contribution in [3.05, 3.63) is 11.9 Å². The van der Waals surface area contributed by atoms with E-state index in [0.29, 0.717) is 17.6 Å². The smallest absolute Gasteiger partial charge is 0.131 e. The molecule has 1 aliphatic heterocycles. The van der Waals surface area contributed by atoms with Crippen LogP contribution in [0.3, 0.4) is 0 Å². The lowest BCUT2D eigenvalue weighted by Gasteiger charge is -2.22. The molecule has 1 aliphatic rings. The first-order valence-corrected chi connectivity index (χ1v) is 5.67. The third kappa shape index (κ3) is 3.06. The number of ether oxygens (including phenoxy) is 1. The summed E-state index contributed by atoms with van der Waals surface area (Å²) >= 11 is 0. The molecule has 0 spiro atoms. The number of aromatic nitrogens is 2. The highest BCUT2D eigenvalue weighted by Crippen LogP contribution is 2.16. The van der Waals surface area contributed by atoms with Crippen LogP contribution in [0.1, 0.15) is 18.7 Å². The van der Waals surface area contributed by atoms with Gasteiger partial charge in [0, 0.05) is 25.8 Å². The van der Waals surface area contributed by atoms with E-state index in [1.54, 1.807) is 6.07 Å². The van der Waals surface area contributed by atoms with Crippen molar-refractivity contribution in [3.63, 3.8) is 0 Å². The molecular weight excluding hydrogens is 204 g/mol. The highest BCUT2D eigenvalue weighted by molar-refractivity contribution is 5.44. The Morgan fingerprint density at radius 3 is 2.88 bits per heavy atom. The highest BCUT2D eigenvalue weighted by Gasteiger charge is 2.13. The van der Waals surface area contributed by atoms with Crippen molar-refractivity contribution >= 4 is 11.6 Å². The first-order chi connectivity index (χ1) is 7.74. The number of nitrogens with two attached hydrogens (primary N) is 1. The van der Waals surface area contributed by atoms with Gasteiger partial charge in [0.2, 0.25) is 0 Å². The van der Waals surface area contributed by atoms with Gasteiger partial charge in [-0.1, -0.05) is 0 Å². The zero-order valence-electron chi connectivity index (χ0n) is 9.57. The van der Waals surface area contributed by atoms with Crippen molar-refractivity contribution in [1.82, 2.24) is 9.97 Å². The average Bonchev–Trinajstić information content (AvgIpc) is 2.27. The first kappa shape index (κ1) is 11.1. The molecule has 1 aromatic rings. The average molecular weight is 222 g/mol. The Morgan fingerprint density at radius 1 is 1.44 bits per heavy atom. The molecule has 0 radical (unpaired) electrons. The Hall–Kier alpha value is -1.36. The van der Waals surface area contributed by atoms with Crippen molar-refractivity contribution in [3.8, 4) is 0 Å². The van der Waals surface area contributed by atoms with Crippen molar-refractivity contribution in [2.24, 2.45) is 5.92 Å². The molecule has 0 unspecified atom stereocenters. The van der Waals surface area contributed by atoms with Gasteiger partial charge < -0.3 is 15.8 Å². The molecule has 16 heavy (non-hydrogen) atoms. The van der Waals surface area contributed by atoms with Gasteiger partial charge in [-0.3, -0.25) is 0 Å². The van der Waals surface area contributed by atoms with Crippen molar-refractivity contribution in [1.29, 1.82) is 0 Å². The molecule has 2 rings (SSSR count). The van der Waals surface area contributed by atoms with Gasteiger partial charge in [0.1, 0.15) is 17.5 Å². The molecule has 1 fully saturated rings. The number of nitrogens with zero attached hydrogens (tertiary/aromatic N) is 2. The summed E-state index contributed by atoms with van der Waals surface area (Å²) in [4.78, 5) is 8.32. The van der Waals surface area contributed by atoms with Crippen molar-refractivity contribution < 1.29 is 4.74 Å². The van der Waals surface area contributed by atoms with E-state index in [4.69, 9.17) is 10.5 Å². The summed E-state index contributed by atoms with van der Waals surface area (Å²) in [6.07, 6.45) is 2.24. The van der Waals surface area contributed by atoms with E-state index >= 15 is 0 Å². The zero-order chi connectivity index (χ0) is 11.4. The molecule has 0 amide bonds. The van der Waals surface area contributed by atoms with Gasteiger partial charge in [-0.2, -0.15) is 0 Å². The van der Waals surface area contributed by atoms with Crippen LogP contribution in [0.2, 0.25) is 0 Å². The fourth-order valence-corrected chi connectivity index (χ4v) is 1.88. The standard InChI is InChI=1S/C11H18N4O/c1-8-14-10(12)6-11(15-8)13-7-9-2-4-16-5-3-9/h6,9H,2-5,7H2,1H3,(H3,12,13,14,15). The van der Waals surface area contributed by atoms with Gasteiger partial charge in [-0.15, -0.1) is 0 Å². The summed E-state index contributed by atoms with van der Waals surface area (Å²) < 4.78 is 5.32. The van der Waals surface area contributed by atoms with Crippen molar-refractivity contribution in [2.45, 2.75) is 19.8 Å². The third-order valence-corrected chi connectivity index (χ3v) is 2.77. The normalized spacial score (nSPS) is 17.3. The highest BCUT2D eigenvalue weighted by atomic mass is 16.5. The minimum absolute atomic E-state index is 0.516. The monoisotopic (exact) mass is 222 g/mol. The van der Waals surface area contributed by atoms with Gasteiger partial charge in [0.15, 0.2) is 0 Å². The summed E-state index contributed by atoms with van der Waals surface area (Å²) in [5, 5.41) is 3.31. The summed E-state index contributed by atoms with van der Waals surface area (Å²) in [6.45, 7) is 4.52. The van der Waals surface area contributed by atoms with Crippen LogP contribution in [0.4, 0.5) is 11.6 Å². The van der Waals surface area contributed by atoms with E-state index in [1.165, 1.54) is 0 Å². The lowest BCUT2D eigenvalue weighted by Crippen LogP contribution is -2.23. The van der Waals surface area contributed by atoms with Crippen LogP contribution in [0, 0.1) is 12.8 Å². The van der Waals surface area contributed by atoms with Crippen LogP contribution in [-0.2, 0) is 4.74 Å². The minimum Gasteiger partial charge on any atom is -0.384 e. The molecule has 3 N–H and O–H groups in total. The third-order valence-electron chi connectivity index (χ3n) is 2.77. The molecular formula is C11H18N4O. The van der Waals surface area contributed by atoms with Gasteiger partial charge in [0.25, 0.3) is 0 Å². The second-order valence-electron chi connectivity index (χ2n) is 4.16. The van der Waals surface area contributed by atoms with Gasteiger partial charge >= 0.3 is 0 Å². The molecule has 0 saturated carbocycles. The Labute approximate surface area is 95.4 Å². The number of nitrogen functional groups attached to an aromatic ring is 1. The van der Waals surface area contributed by atoms with Gasteiger partial charge in [-0.05, 0) is 25.7 Å². The maximum Gasteiger partial charge on any atom is 0.131 e. The predicted molar refractivity (Wildman–Crippen MR) is 63.2 cm³/mol. The summed E-state index contributed by atoms with van der Waals surface area (Å²) in [5.41, 5.74) is 5.66. The fraction of sp³-hybridized carbons (Fsp3) is 0.636. The molecule has 0 bridgehead atoms. The number of aryl methyl sites for hydroxylation is 1. The summed E-state index contributed by atoms with van der Waals surface area (Å²) in [6, 6.07) is 1.77. The Balaban J connectivity index is 1.88. The fourth-order valence-electron chi connectivity index (χ4n) is 1.88. The molecule has 1 aromatic heterocycles. The van der Waals surface area contributed by atoms with E-state index in [0.717, 1.165) is 38.4 Å². The number of rotatable bonds is 3. The molecule has 5 heteroatoms. The van der Waals surface area contributed by atoms with E-state index in [-0.39, 0.29) is 0 Å². The van der Waals surface area contributed by atoms with Crippen LogP contribution in [0.25, 0.3) is 0 Å². The maximum absolute atomic E-state index is 5.66. The quantitative estimate of drug-likeness (QED) is 0.804. The molecule has 0 aliphatic carbocycles. The van der Waals surface area contributed by atoms with Crippen molar-refractivity contribution in [2.75, 3.05) is 30.8 Å². The summed E-state index contributed by atoms with van der Waals surface area (Å²) in [7, 11) is 0. The lowest BCUT2D eigenvalue weighted by molar-refractivity contribution is 0.0699. The molecule has 1 saturated heterocycles. The molecule has 0 atom stereocenters. The van der Waals surface area contributed by atoms with Crippen LogP contribution in [0.5, 0.6) is 0 Å². The van der Waals surface area contributed by atoms with Crippen LogP contribution in [-0.4, -0.2) is 29.7 Å². The number of nitrogens with one attached hydrogen (secondary N) is 1. The van der Waals surface area contributed by atoms with Crippen LogP contribution in [0.15, 0.2) is 6.07 Å².